The molecule has 0 radical (unpaired) electrons. The minimum atomic E-state index is -0.989. The number of aliphatic hydroxyl groups excluding tert-OH is 1. The van der Waals surface area contributed by atoms with Gasteiger partial charge in [0, 0.05) is 52.0 Å². The molecule has 2 atom stereocenters. The van der Waals surface area contributed by atoms with E-state index in [9.17, 15) is 19.6 Å². The van der Waals surface area contributed by atoms with E-state index in [2.05, 4.69) is 5.18 Å². The molecular formula is C16H21N5O4S2. The van der Waals surface area contributed by atoms with Crippen molar-refractivity contribution in [2.24, 2.45) is 5.18 Å². The van der Waals surface area contributed by atoms with Crippen molar-refractivity contribution in [1.29, 1.82) is 10.8 Å². The third-order valence-electron chi connectivity index (χ3n) is 4.17. The van der Waals surface area contributed by atoms with Gasteiger partial charge in [-0.25, -0.2) is 0 Å². The largest absolute Gasteiger partial charge is 0.390 e. The number of rotatable bonds is 11. The fourth-order valence-electron chi connectivity index (χ4n) is 2.99. The fourth-order valence-corrected chi connectivity index (χ4v) is 4.56. The van der Waals surface area contributed by atoms with Crippen LogP contribution in [0.4, 0.5) is 0 Å². The van der Waals surface area contributed by atoms with Gasteiger partial charge in [-0.05, 0) is 12.1 Å². The third-order valence-corrected chi connectivity index (χ3v) is 6.07. The van der Waals surface area contributed by atoms with Crippen LogP contribution in [0.5, 0.6) is 0 Å². The molecule has 2 unspecified atom stereocenters. The molecule has 0 saturated carbocycles. The topological polar surface area (TPSA) is 140 Å². The molecule has 2 heterocycles. The number of hydrogen-bond acceptors (Lipinski definition) is 8. The van der Waals surface area contributed by atoms with Gasteiger partial charge in [0.15, 0.2) is 0 Å². The lowest BCUT2D eigenvalue weighted by atomic mass is 10.1. The van der Waals surface area contributed by atoms with Crippen LogP contribution in [0.25, 0.3) is 0 Å². The van der Waals surface area contributed by atoms with Crippen molar-refractivity contribution in [1.82, 2.24) is 9.47 Å². The number of amides is 2. The van der Waals surface area contributed by atoms with Gasteiger partial charge in [0.1, 0.15) is 12.1 Å². The minimum Gasteiger partial charge on any atom is -0.390 e. The van der Waals surface area contributed by atoms with Gasteiger partial charge in [-0.3, -0.25) is 9.59 Å². The molecule has 1 aromatic heterocycles. The Kier molecular flexibility index (Phi) is 8.20. The second-order valence-corrected chi connectivity index (χ2v) is 7.90. The van der Waals surface area contributed by atoms with E-state index in [4.69, 9.17) is 10.8 Å². The Morgan fingerprint density at radius 3 is 2.67 bits per heavy atom. The highest BCUT2D eigenvalue weighted by molar-refractivity contribution is 8.00. The molecular weight excluding hydrogens is 390 g/mol. The second kappa shape index (κ2) is 10.4. The molecule has 146 valence electrons. The molecule has 3 N–H and O–H groups in total. The number of nitroso groups, excluding NO2 is 1. The van der Waals surface area contributed by atoms with Gasteiger partial charge in [-0.2, -0.15) is 23.5 Å². The van der Waals surface area contributed by atoms with E-state index in [-0.39, 0.29) is 24.8 Å². The van der Waals surface area contributed by atoms with Crippen molar-refractivity contribution in [2.45, 2.75) is 25.2 Å². The van der Waals surface area contributed by atoms with Crippen LogP contribution < -0.4 is 0 Å². The molecule has 2 amide bonds. The molecule has 0 aromatic carbocycles. The Balaban J connectivity index is 2.34. The van der Waals surface area contributed by atoms with E-state index >= 15 is 0 Å². The maximum Gasteiger partial charge on any atom is 0.309 e. The normalized spacial score (nSPS) is 17.3. The van der Waals surface area contributed by atoms with Crippen LogP contribution in [-0.2, 0) is 22.7 Å². The smallest absolute Gasteiger partial charge is 0.309 e. The van der Waals surface area contributed by atoms with Crippen LogP contribution in [0.2, 0.25) is 0 Å². The Bertz CT molecular complexity index is 724. The molecule has 11 heteroatoms. The number of carbonyl (C=O) groups excluding carboxylic acids is 2. The van der Waals surface area contributed by atoms with Gasteiger partial charge in [0.25, 0.3) is 0 Å². The Labute approximate surface area is 164 Å². The van der Waals surface area contributed by atoms with Gasteiger partial charge in [0.2, 0.25) is 5.91 Å². The lowest BCUT2D eigenvalue weighted by molar-refractivity contribution is -0.143. The van der Waals surface area contributed by atoms with Crippen molar-refractivity contribution < 1.29 is 14.7 Å². The molecule has 0 bridgehead atoms. The van der Waals surface area contributed by atoms with Crippen LogP contribution in [0.15, 0.2) is 17.3 Å². The average molecular weight is 412 g/mol. The number of aromatic nitrogens is 1. The Hall–Kier alpha value is -1.98. The van der Waals surface area contributed by atoms with Gasteiger partial charge in [-0.1, -0.05) is 0 Å². The molecule has 1 aliphatic heterocycles. The number of fused-ring (bicyclic) bond motifs is 1. The second-order valence-electron chi connectivity index (χ2n) is 5.75. The van der Waals surface area contributed by atoms with Gasteiger partial charge in [-0.15, -0.1) is 4.91 Å². The van der Waals surface area contributed by atoms with Crippen LogP contribution in [0, 0.1) is 15.7 Å². The Morgan fingerprint density at radius 1 is 1.33 bits per heavy atom. The summed E-state index contributed by atoms with van der Waals surface area (Å²) in [4.78, 5) is 37.4. The predicted molar refractivity (Wildman–Crippen MR) is 107 cm³/mol. The third kappa shape index (κ3) is 4.85. The maximum absolute atomic E-state index is 13.1. The first kappa shape index (κ1) is 21.3. The molecule has 0 aliphatic carbocycles. The lowest BCUT2D eigenvalue weighted by Crippen LogP contribution is -2.52. The predicted octanol–water partition coefficient (Wildman–Crippen LogP) is 1.29. The molecule has 0 saturated heterocycles. The van der Waals surface area contributed by atoms with E-state index in [0.29, 0.717) is 23.0 Å². The molecule has 0 fully saturated rings. The number of hydrogen-bond donors (Lipinski definition) is 3. The number of carbonyl (C=O) groups is 2. The molecule has 2 rings (SSSR count). The summed E-state index contributed by atoms with van der Waals surface area (Å²) < 4.78 is 1.77. The number of nitrogens with one attached hydrogen (secondary N) is 2. The molecule has 1 aromatic rings. The minimum absolute atomic E-state index is 0.141. The summed E-state index contributed by atoms with van der Waals surface area (Å²) in [7, 11) is 0. The first-order chi connectivity index (χ1) is 13.1. The zero-order valence-electron chi connectivity index (χ0n) is 14.5. The highest BCUT2D eigenvalue weighted by Crippen LogP contribution is 2.31. The van der Waals surface area contributed by atoms with Crippen LogP contribution in [0.3, 0.4) is 0 Å². The highest BCUT2D eigenvalue weighted by Gasteiger charge is 2.40. The highest BCUT2D eigenvalue weighted by atomic mass is 32.2. The van der Waals surface area contributed by atoms with Gasteiger partial charge in [0.05, 0.1) is 13.2 Å². The summed E-state index contributed by atoms with van der Waals surface area (Å²) in [6, 6.07) is 1.90. The monoisotopic (exact) mass is 411 g/mol. The average Bonchev–Trinajstić information content (AvgIpc) is 3.09. The van der Waals surface area contributed by atoms with Crippen LogP contribution in [-0.4, -0.2) is 67.9 Å². The summed E-state index contributed by atoms with van der Waals surface area (Å²) in [5, 5.41) is 26.3. The molecule has 1 aliphatic rings. The van der Waals surface area contributed by atoms with E-state index in [1.165, 1.54) is 40.9 Å². The van der Waals surface area contributed by atoms with Crippen molar-refractivity contribution in [3.8, 4) is 0 Å². The first-order valence-corrected chi connectivity index (χ1v) is 10.5. The lowest BCUT2D eigenvalue weighted by Gasteiger charge is -2.38. The zero-order valence-corrected chi connectivity index (χ0v) is 16.2. The summed E-state index contributed by atoms with van der Waals surface area (Å²) in [6.07, 6.45) is 2.43. The van der Waals surface area contributed by atoms with E-state index in [1.807, 2.05) is 0 Å². The van der Waals surface area contributed by atoms with E-state index in [1.54, 1.807) is 16.7 Å². The zero-order chi connectivity index (χ0) is 19.8. The molecule has 27 heavy (non-hydrogen) atoms. The quantitative estimate of drug-likeness (QED) is 0.285. The maximum atomic E-state index is 13.1. The summed E-state index contributed by atoms with van der Waals surface area (Å²) in [6.45, 7) is -0.0753. The van der Waals surface area contributed by atoms with Crippen molar-refractivity contribution >= 4 is 47.8 Å². The van der Waals surface area contributed by atoms with Gasteiger partial charge >= 0.3 is 5.91 Å². The van der Waals surface area contributed by atoms with Crippen molar-refractivity contribution in [2.75, 3.05) is 23.0 Å². The summed E-state index contributed by atoms with van der Waals surface area (Å²) in [5.41, 5.74) is 1.37. The van der Waals surface area contributed by atoms with Crippen LogP contribution in [0.1, 0.15) is 17.4 Å². The van der Waals surface area contributed by atoms with E-state index in [0.717, 1.165) is 5.69 Å². The SMILES string of the molecule is N=CCSCC(C(=O)N=O)N1Cc2ccc(CO)n2C(CSCC=N)C1=O. The van der Waals surface area contributed by atoms with E-state index < -0.39 is 18.0 Å². The number of aliphatic hydroxyl groups is 1. The summed E-state index contributed by atoms with van der Waals surface area (Å²) >= 11 is 2.68. The molecule has 9 nitrogen and oxygen atoms in total. The first-order valence-electron chi connectivity index (χ1n) is 8.19. The number of nitrogens with zero attached hydrogens (tertiary/aromatic N) is 3. The van der Waals surface area contributed by atoms with Crippen molar-refractivity contribution in [3.63, 3.8) is 0 Å². The molecule has 0 spiro atoms. The van der Waals surface area contributed by atoms with Crippen LogP contribution >= 0.6 is 23.5 Å². The van der Waals surface area contributed by atoms with Gasteiger partial charge < -0.3 is 25.4 Å². The Morgan fingerprint density at radius 2 is 2.04 bits per heavy atom. The fraction of sp³-hybridized carbons (Fsp3) is 0.500. The standard InChI is InChI=1S/C16H21N5O4S2/c17-3-5-26-9-13(15(23)19-25)20-7-11-1-2-12(8-22)21(11)14(16(20)24)10-27-6-4-18/h1-4,13-14,17-18,22H,5-10H2. The summed E-state index contributed by atoms with van der Waals surface area (Å²) in [5.74, 6) is 0.149. The van der Waals surface area contributed by atoms with Crippen molar-refractivity contribution in [3.05, 3.63) is 28.4 Å². The number of thioether (sulfide) groups is 2.